The fourth-order valence-corrected chi connectivity index (χ4v) is 1.45. The van der Waals surface area contributed by atoms with Gasteiger partial charge in [0.15, 0.2) is 0 Å². The fraction of sp³-hybridized carbons (Fsp3) is 0.889. The first-order valence-electron chi connectivity index (χ1n) is 4.24. The minimum atomic E-state index is -0.878. The fourth-order valence-electron chi connectivity index (χ4n) is 1.45. The van der Waals surface area contributed by atoms with Crippen LogP contribution in [0.15, 0.2) is 0 Å². The third-order valence-corrected chi connectivity index (χ3v) is 1.94. The van der Waals surface area contributed by atoms with E-state index < -0.39 is 11.5 Å². The third kappa shape index (κ3) is 5.60. The zero-order chi connectivity index (χ0) is 10.7. The zero-order valence-corrected chi connectivity index (χ0v) is 8.76. The molecule has 4 heteroatoms. The molecule has 0 radical (unpaired) electrons. The van der Waals surface area contributed by atoms with Gasteiger partial charge >= 0.3 is 5.97 Å². The van der Waals surface area contributed by atoms with Crippen molar-refractivity contribution >= 4 is 5.97 Å². The first-order valence-corrected chi connectivity index (χ1v) is 4.24. The molecule has 1 unspecified atom stereocenters. The first-order chi connectivity index (χ1) is 5.68. The van der Waals surface area contributed by atoms with E-state index in [0.717, 1.165) is 0 Å². The van der Waals surface area contributed by atoms with E-state index in [4.69, 9.17) is 15.6 Å². The number of rotatable bonds is 5. The van der Waals surface area contributed by atoms with Gasteiger partial charge in [-0.05, 0) is 27.2 Å². The number of ether oxygens (including phenoxy) is 1. The second-order valence-electron chi connectivity index (χ2n) is 4.37. The number of nitrogens with two attached hydrogens (primary N) is 1. The second kappa shape index (κ2) is 4.07. The summed E-state index contributed by atoms with van der Waals surface area (Å²) >= 11 is 0. The molecule has 4 nitrogen and oxygen atoms in total. The summed E-state index contributed by atoms with van der Waals surface area (Å²) in [6.45, 7) is 5.50. The van der Waals surface area contributed by atoms with Crippen molar-refractivity contribution in [3.63, 3.8) is 0 Å². The van der Waals surface area contributed by atoms with Gasteiger partial charge in [-0.3, -0.25) is 4.79 Å². The molecule has 0 fully saturated rings. The first kappa shape index (κ1) is 12.4. The predicted molar refractivity (Wildman–Crippen MR) is 50.6 cm³/mol. The van der Waals surface area contributed by atoms with Gasteiger partial charge in [-0.2, -0.15) is 0 Å². The summed E-state index contributed by atoms with van der Waals surface area (Å²) in [5, 5.41) is 8.60. The van der Waals surface area contributed by atoms with Gasteiger partial charge in [0.1, 0.15) is 0 Å². The van der Waals surface area contributed by atoms with Gasteiger partial charge in [0.05, 0.1) is 12.0 Å². The van der Waals surface area contributed by atoms with Crippen LogP contribution in [0.4, 0.5) is 0 Å². The molecule has 0 aliphatic rings. The Morgan fingerprint density at radius 2 is 1.92 bits per heavy atom. The SMILES string of the molecule is COC(C)(C)CC(C)(N)CC(=O)O. The zero-order valence-electron chi connectivity index (χ0n) is 8.76. The molecule has 0 spiro atoms. The Kier molecular flexibility index (Phi) is 3.88. The van der Waals surface area contributed by atoms with E-state index in [1.807, 2.05) is 13.8 Å². The van der Waals surface area contributed by atoms with Crippen LogP contribution in [0.5, 0.6) is 0 Å². The highest BCUT2D eigenvalue weighted by Gasteiger charge is 2.30. The molecule has 13 heavy (non-hydrogen) atoms. The second-order valence-corrected chi connectivity index (χ2v) is 4.37. The topological polar surface area (TPSA) is 72.5 Å². The molecular formula is C9H19NO3. The molecule has 0 aromatic heterocycles. The van der Waals surface area contributed by atoms with E-state index in [-0.39, 0.29) is 12.0 Å². The summed E-state index contributed by atoms with van der Waals surface area (Å²) in [5.74, 6) is -0.878. The van der Waals surface area contributed by atoms with E-state index >= 15 is 0 Å². The quantitative estimate of drug-likeness (QED) is 0.676. The number of aliphatic carboxylic acids is 1. The molecule has 0 aromatic rings. The molecule has 0 amide bonds. The van der Waals surface area contributed by atoms with Crippen LogP contribution in [0, 0.1) is 0 Å². The third-order valence-electron chi connectivity index (χ3n) is 1.94. The van der Waals surface area contributed by atoms with Crippen LogP contribution in [-0.4, -0.2) is 29.3 Å². The van der Waals surface area contributed by atoms with Crippen LogP contribution in [0.3, 0.4) is 0 Å². The van der Waals surface area contributed by atoms with Crippen molar-refractivity contribution in [1.29, 1.82) is 0 Å². The van der Waals surface area contributed by atoms with Crippen molar-refractivity contribution in [2.45, 2.75) is 44.8 Å². The lowest BCUT2D eigenvalue weighted by atomic mass is 9.86. The lowest BCUT2D eigenvalue weighted by Gasteiger charge is -2.32. The summed E-state index contributed by atoms with van der Waals surface area (Å²) in [5.41, 5.74) is 4.73. The normalized spacial score (nSPS) is 16.7. The van der Waals surface area contributed by atoms with Crippen molar-refractivity contribution in [3.8, 4) is 0 Å². The number of hydrogen-bond acceptors (Lipinski definition) is 3. The average Bonchev–Trinajstić information content (AvgIpc) is 1.81. The summed E-state index contributed by atoms with van der Waals surface area (Å²) in [6, 6.07) is 0. The van der Waals surface area contributed by atoms with Crippen LogP contribution in [-0.2, 0) is 9.53 Å². The number of carboxylic acid groups (broad SMARTS) is 1. The Hall–Kier alpha value is -0.610. The van der Waals surface area contributed by atoms with Gasteiger partial charge in [0.2, 0.25) is 0 Å². The monoisotopic (exact) mass is 189 g/mol. The Morgan fingerprint density at radius 3 is 2.23 bits per heavy atom. The van der Waals surface area contributed by atoms with E-state index in [1.54, 1.807) is 14.0 Å². The van der Waals surface area contributed by atoms with Crippen LogP contribution < -0.4 is 5.73 Å². The highest BCUT2D eigenvalue weighted by atomic mass is 16.5. The maximum absolute atomic E-state index is 10.5. The Bertz CT molecular complexity index is 187. The van der Waals surface area contributed by atoms with Gasteiger partial charge in [-0.1, -0.05) is 0 Å². The Labute approximate surface area is 79.1 Å². The van der Waals surface area contributed by atoms with Gasteiger partial charge in [-0.25, -0.2) is 0 Å². The predicted octanol–water partition coefficient (Wildman–Crippen LogP) is 0.994. The maximum Gasteiger partial charge on any atom is 0.305 e. The van der Waals surface area contributed by atoms with Crippen molar-refractivity contribution in [3.05, 3.63) is 0 Å². The molecule has 78 valence electrons. The minimum absolute atomic E-state index is 0.0419. The smallest absolute Gasteiger partial charge is 0.305 e. The lowest BCUT2D eigenvalue weighted by molar-refractivity contribution is -0.138. The van der Waals surface area contributed by atoms with Crippen molar-refractivity contribution < 1.29 is 14.6 Å². The van der Waals surface area contributed by atoms with Crippen LogP contribution in [0.1, 0.15) is 33.6 Å². The number of carbonyl (C=O) groups is 1. The summed E-state index contributed by atoms with van der Waals surface area (Å²) in [7, 11) is 1.59. The van der Waals surface area contributed by atoms with Crippen molar-refractivity contribution in [2.75, 3.05) is 7.11 Å². The number of methoxy groups -OCH3 is 1. The minimum Gasteiger partial charge on any atom is -0.481 e. The van der Waals surface area contributed by atoms with E-state index in [1.165, 1.54) is 0 Å². The highest BCUT2D eigenvalue weighted by molar-refractivity contribution is 5.68. The lowest BCUT2D eigenvalue weighted by Crippen LogP contribution is -2.45. The molecule has 1 atom stereocenters. The van der Waals surface area contributed by atoms with Crippen molar-refractivity contribution in [2.24, 2.45) is 5.73 Å². The highest BCUT2D eigenvalue weighted by Crippen LogP contribution is 2.23. The molecule has 0 aliphatic heterocycles. The van der Waals surface area contributed by atoms with Gasteiger partial charge < -0.3 is 15.6 Å². The largest absolute Gasteiger partial charge is 0.481 e. The molecule has 0 saturated heterocycles. The van der Waals surface area contributed by atoms with E-state index in [2.05, 4.69) is 0 Å². The Morgan fingerprint density at radius 1 is 1.46 bits per heavy atom. The number of carboxylic acids is 1. The standard InChI is InChI=1S/C9H19NO3/c1-8(2,13-4)6-9(3,10)5-7(11)12/h5-6,10H2,1-4H3,(H,11,12). The molecule has 0 heterocycles. The molecule has 0 saturated carbocycles. The van der Waals surface area contributed by atoms with Gasteiger partial charge in [-0.15, -0.1) is 0 Å². The summed E-state index contributed by atoms with van der Waals surface area (Å²) in [4.78, 5) is 10.5. The Balaban J connectivity index is 4.24. The molecule has 0 bridgehead atoms. The van der Waals surface area contributed by atoms with Crippen LogP contribution >= 0.6 is 0 Å². The van der Waals surface area contributed by atoms with Gasteiger partial charge in [0.25, 0.3) is 0 Å². The molecule has 0 aliphatic carbocycles. The molecule has 0 aromatic carbocycles. The molecule has 3 N–H and O–H groups in total. The summed E-state index contributed by atoms with van der Waals surface area (Å²) < 4.78 is 5.18. The van der Waals surface area contributed by atoms with Gasteiger partial charge in [0, 0.05) is 12.6 Å². The van der Waals surface area contributed by atoms with Crippen LogP contribution in [0.25, 0.3) is 0 Å². The number of hydrogen-bond donors (Lipinski definition) is 2. The van der Waals surface area contributed by atoms with E-state index in [9.17, 15) is 4.79 Å². The van der Waals surface area contributed by atoms with E-state index in [0.29, 0.717) is 6.42 Å². The molecular weight excluding hydrogens is 170 g/mol. The van der Waals surface area contributed by atoms with Crippen molar-refractivity contribution in [1.82, 2.24) is 0 Å². The average molecular weight is 189 g/mol. The molecule has 0 rings (SSSR count). The summed E-state index contributed by atoms with van der Waals surface area (Å²) in [6.07, 6.45) is 0.475. The van der Waals surface area contributed by atoms with Crippen LogP contribution in [0.2, 0.25) is 0 Å². The maximum atomic E-state index is 10.5.